The number of nitriles is 1. The molecule has 4 heteroatoms. The number of aliphatic hydroxyl groups is 1. The maximum absolute atomic E-state index is 9.63. The van der Waals surface area contributed by atoms with Gasteiger partial charge in [0, 0.05) is 12.6 Å². The monoisotopic (exact) mass is 234 g/mol. The van der Waals surface area contributed by atoms with Gasteiger partial charge >= 0.3 is 0 Å². The van der Waals surface area contributed by atoms with E-state index in [4.69, 9.17) is 10.00 Å². The summed E-state index contributed by atoms with van der Waals surface area (Å²) in [5.74, 6) is 0.604. The van der Waals surface area contributed by atoms with Crippen LogP contribution in [0.15, 0.2) is 24.3 Å². The lowest BCUT2D eigenvalue weighted by Gasteiger charge is -2.15. The summed E-state index contributed by atoms with van der Waals surface area (Å²) in [5, 5.41) is 21.5. The van der Waals surface area contributed by atoms with Crippen LogP contribution in [0.5, 0.6) is 5.75 Å². The Morgan fingerprint density at radius 3 is 2.88 bits per heavy atom. The van der Waals surface area contributed by atoms with E-state index < -0.39 is 6.10 Å². The highest BCUT2D eigenvalue weighted by molar-refractivity contribution is 5.36. The number of benzene rings is 1. The van der Waals surface area contributed by atoms with E-state index in [1.807, 2.05) is 19.9 Å². The zero-order valence-electron chi connectivity index (χ0n) is 10.2. The minimum atomic E-state index is -0.553. The Kier molecular flexibility index (Phi) is 5.47. The highest BCUT2D eigenvalue weighted by Crippen LogP contribution is 2.12. The average molecular weight is 234 g/mol. The summed E-state index contributed by atoms with van der Waals surface area (Å²) in [6.45, 7) is 4.75. The van der Waals surface area contributed by atoms with Gasteiger partial charge in [-0.1, -0.05) is 19.9 Å². The van der Waals surface area contributed by atoms with E-state index in [0.717, 1.165) is 0 Å². The first-order chi connectivity index (χ1) is 8.11. The van der Waals surface area contributed by atoms with Crippen molar-refractivity contribution in [3.63, 3.8) is 0 Å². The van der Waals surface area contributed by atoms with Crippen LogP contribution in [0, 0.1) is 11.3 Å². The molecule has 0 aliphatic heterocycles. The summed E-state index contributed by atoms with van der Waals surface area (Å²) in [6, 6.07) is 9.27. The van der Waals surface area contributed by atoms with E-state index >= 15 is 0 Å². The van der Waals surface area contributed by atoms with Gasteiger partial charge in [-0.05, 0) is 18.2 Å². The van der Waals surface area contributed by atoms with Gasteiger partial charge in [0.15, 0.2) is 0 Å². The Bertz CT molecular complexity index is 385. The highest BCUT2D eigenvalue weighted by Gasteiger charge is 2.06. The number of ether oxygens (including phenoxy) is 1. The Labute approximate surface area is 102 Å². The molecule has 0 aliphatic carbocycles. The normalized spacial score (nSPS) is 12.2. The van der Waals surface area contributed by atoms with Gasteiger partial charge < -0.3 is 15.2 Å². The molecule has 0 aromatic heterocycles. The third-order valence-corrected chi connectivity index (χ3v) is 2.17. The highest BCUT2D eigenvalue weighted by atomic mass is 16.5. The first kappa shape index (κ1) is 13.5. The van der Waals surface area contributed by atoms with E-state index in [1.165, 1.54) is 0 Å². The zero-order valence-corrected chi connectivity index (χ0v) is 10.2. The first-order valence-corrected chi connectivity index (χ1v) is 5.66. The standard InChI is InChI=1S/C13H18N2O2/c1-10(2)15-8-12(16)9-17-13-5-3-4-11(6-13)7-14/h3-6,10,12,15-16H,8-9H2,1-2H3/t12-/m0/s1. The predicted octanol–water partition coefficient (Wildman–Crippen LogP) is 1.30. The Morgan fingerprint density at radius 1 is 1.47 bits per heavy atom. The molecule has 1 atom stereocenters. The molecular weight excluding hydrogens is 216 g/mol. The summed E-state index contributed by atoms with van der Waals surface area (Å²) in [6.07, 6.45) is -0.553. The number of aliphatic hydroxyl groups excluding tert-OH is 1. The zero-order chi connectivity index (χ0) is 12.7. The summed E-state index contributed by atoms with van der Waals surface area (Å²) >= 11 is 0. The molecule has 0 heterocycles. The molecule has 0 bridgehead atoms. The lowest BCUT2D eigenvalue weighted by atomic mass is 10.2. The molecule has 17 heavy (non-hydrogen) atoms. The van der Waals surface area contributed by atoms with Gasteiger partial charge in [0.2, 0.25) is 0 Å². The van der Waals surface area contributed by atoms with Crippen molar-refractivity contribution in [2.75, 3.05) is 13.2 Å². The SMILES string of the molecule is CC(C)NC[C@H](O)COc1cccc(C#N)c1. The van der Waals surface area contributed by atoms with E-state index in [0.29, 0.717) is 23.9 Å². The van der Waals surface area contributed by atoms with Crippen molar-refractivity contribution in [2.45, 2.75) is 26.0 Å². The van der Waals surface area contributed by atoms with Crippen LogP contribution in [-0.2, 0) is 0 Å². The van der Waals surface area contributed by atoms with Crippen LogP contribution in [0.25, 0.3) is 0 Å². The van der Waals surface area contributed by atoms with Crippen molar-refractivity contribution < 1.29 is 9.84 Å². The second-order valence-electron chi connectivity index (χ2n) is 4.17. The lowest BCUT2D eigenvalue weighted by molar-refractivity contribution is 0.104. The van der Waals surface area contributed by atoms with E-state index in [9.17, 15) is 5.11 Å². The minimum absolute atomic E-state index is 0.217. The van der Waals surface area contributed by atoms with Crippen LogP contribution >= 0.6 is 0 Å². The van der Waals surface area contributed by atoms with Gasteiger partial charge in [-0.15, -0.1) is 0 Å². The fourth-order valence-corrected chi connectivity index (χ4v) is 1.28. The van der Waals surface area contributed by atoms with Gasteiger partial charge in [-0.25, -0.2) is 0 Å². The number of rotatable bonds is 6. The number of nitrogens with zero attached hydrogens (tertiary/aromatic N) is 1. The first-order valence-electron chi connectivity index (χ1n) is 5.66. The molecule has 0 amide bonds. The molecule has 0 aliphatic rings. The molecule has 0 radical (unpaired) electrons. The lowest BCUT2D eigenvalue weighted by Crippen LogP contribution is -2.35. The third-order valence-electron chi connectivity index (χ3n) is 2.17. The van der Waals surface area contributed by atoms with Crippen LogP contribution < -0.4 is 10.1 Å². The smallest absolute Gasteiger partial charge is 0.120 e. The molecule has 4 nitrogen and oxygen atoms in total. The van der Waals surface area contributed by atoms with Crippen molar-refractivity contribution in [3.05, 3.63) is 29.8 Å². The molecule has 0 saturated heterocycles. The Morgan fingerprint density at radius 2 is 2.24 bits per heavy atom. The van der Waals surface area contributed by atoms with Crippen LogP contribution in [0.3, 0.4) is 0 Å². The molecule has 0 spiro atoms. The average Bonchev–Trinajstić information content (AvgIpc) is 2.34. The fourth-order valence-electron chi connectivity index (χ4n) is 1.28. The van der Waals surface area contributed by atoms with Crippen molar-refractivity contribution in [1.29, 1.82) is 5.26 Å². The van der Waals surface area contributed by atoms with Crippen molar-refractivity contribution in [2.24, 2.45) is 0 Å². The van der Waals surface area contributed by atoms with E-state index in [-0.39, 0.29) is 6.61 Å². The van der Waals surface area contributed by atoms with Gasteiger partial charge in [0.25, 0.3) is 0 Å². The number of hydrogen-bond acceptors (Lipinski definition) is 4. The molecule has 0 unspecified atom stereocenters. The van der Waals surface area contributed by atoms with Gasteiger partial charge in [-0.2, -0.15) is 5.26 Å². The van der Waals surface area contributed by atoms with Crippen LogP contribution in [0.1, 0.15) is 19.4 Å². The maximum atomic E-state index is 9.63. The molecule has 2 N–H and O–H groups in total. The molecular formula is C13H18N2O2. The van der Waals surface area contributed by atoms with Crippen molar-refractivity contribution in [3.8, 4) is 11.8 Å². The van der Waals surface area contributed by atoms with E-state index in [1.54, 1.807) is 24.3 Å². The van der Waals surface area contributed by atoms with Gasteiger partial charge in [0.1, 0.15) is 18.5 Å². The quantitative estimate of drug-likeness (QED) is 0.778. The number of nitrogens with one attached hydrogen (secondary N) is 1. The molecule has 92 valence electrons. The van der Waals surface area contributed by atoms with E-state index in [2.05, 4.69) is 5.32 Å². The molecule has 1 aromatic carbocycles. The Hall–Kier alpha value is -1.57. The van der Waals surface area contributed by atoms with Gasteiger partial charge in [-0.3, -0.25) is 0 Å². The third kappa shape index (κ3) is 5.34. The second-order valence-corrected chi connectivity index (χ2v) is 4.17. The molecule has 0 fully saturated rings. The predicted molar refractivity (Wildman–Crippen MR) is 65.8 cm³/mol. The van der Waals surface area contributed by atoms with Crippen LogP contribution in [0.4, 0.5) is 0 Å². The summed E-state index contributed by atoms with van der Waals surface area (Å²) in [4.78, 5) is 0. The van der Waals surface area contributed by atoms with Crippen LogP contribution in [-0.4, -0.2) is 30.4 Å². The summed E-state index contributed by atoms with van der Waals surface area (Å²) < 4.78 is 5.40. The summed E-state index contributed by atoms with van der Waals surface area (Å²) in [5.41, 5.74) is 0.553. The topological polar surface area (TPSA) is 65.3 Å². The summed E-state index contributed by atoms with van der Waals surface area (Å²) in [7, 11) is 0. The molecule has 0 saturated carbocycles. The minimum Gasteiger partial charge on any atom is -0.491 e. The maximum Gasteiger partial charge on any atom is 0.120 e. The largest absolute Gasteiger partial charge is 0.491 e. The van der Waals surface area contributed by atoms with Crippen molar-refractivity contribution in [1.82, 2.24) is 5.32 Å². The number of hydrogen-bond donors (Lipinski definition) is 2. The molecule has 1 rings (SSSR count). The van der Waals surface area contributed by atoms with Crippen molar-refractivity contribution >= 4 is 0 Å². The van der Waals surface area contributed by atoms with Gasteiger partial charge in [0.05, 0.1) is 11.6 Å². The molecule has 1 aromatic rings. The van der Waals surface area contributed by atoms with Crippen LogP contribution in [0.2, 0.25) is 0 Å². The second kappa shape index (κ2) is 6.89. The fraction of sp³-hybridized carbons (Fsp3) is 0.462. The Balaban J connectivity index is 2.37.